The predicted molar refractivity (Wildman–Crippen MR) is 58.6 cm³/mol. The van der Waals surface area contributed by atoms with Gasteiger partial charge in [0.05, 0.1) is 6.54 Å². The normalized spacial score (nSPS) is 9.67. The number of aldehydes is 1. The summed E-state index contributed by atoms with van der Waals surface area (Å²) in [5.41, 5.74) is 1.47. The topological polar surface area (TPSA) is 34.9 Å². The first-order valence-electron chi connectivity index (χ1n) is 4.65. The van der Waals surface area contributed by atoms with Gasteiger partial charge in [0.1, 0.15) is 5.65 Å². The van der Waals surface area contributed by atoms with Crippen LogP contribution >= 0.6 is 0 Å². The van der Waals surface area contributed by atoms with Crippen LogP contribution in [0.2, 0.25) is 0 Å². The van der Waals surface area contributed by atoms with Crippen LogP contribution in [0, 0.1) is 11.8 Å². The molecule has 0 aromatic carbocycles. The van der Waals surface area contributed by atoms with E-state index >= 15 is 0 Å². The summed E-state index contributed by atoms with van der Waals surface area (Å²) >= 11 is 0. The molecule has 0 bridgehead atoms. The van der Waals surface area contributed by atoms with E-state index in [9.17, 15) is 4.79 Å². The Hall–Kier alpha value is -2.08. The minimum atomic E-state index is 0.567. The summed E-state index contributed by atoms with van der Waals surface area (Å²) in [6.07, 6.45) is 4.35. The molecule has 0 radical (unpaired) electrons. The molecule has 0 N–H and O–H groups in total. The average Bonchev–Trinajstić information content (AvgIpc) is 2.65. The molecule has 2 heterocycles. The molecule has 3 heteroatoms. The molecular formula is C12H10N2O. The fourth-order valence-electron chi connectivity index (χ4n) is 1.53. The average molecular weight is 198 g/mol. The summed E-state index contributed by atoms with van der Waals surface area (Å²) in [5, 5.41) is 0.880. The van der Waals surface area contributed by atoms with Crippen LogP contribution in [0.5, 0.6) is 0 Å². The fraction of sp³-hybridized carbons (Fsp3) is 0.167. The number of aromatic nitrogens is 2. The van der Waals surface area contributed by atoms with Gasteiger partial charge in [0.25, 0.3) is 0 Å². The lowest BCUT2D eigenvalue weighted by Crippen LogP contribution is -1.94. The van der Waals surface area contributed by atoms with Gasteiger partial charge in [-0.05, 0) is 19.1 Å². The van der Waals surface area contributed by atoms with Gasteiger partial charge in [0.15, 0.2) is 6.29 Å². The maximum Gasteiger partial charge on any atom is 0.152 e. The molecular weight excluding hydrogens is 188 g/mol. The second-order valence-corrected chi connectivity index (χ2v) is 3.13. The molecule has 3 nitrogen and oxygen atoms in total. The van der Waals surface area contributed by atoms with Crippen LogP contribution in [0.3, 0.4) is 0 Å². The quantitative estimate of drug-likeness (QED) is 0.545. The molecule has 0 aliphatic rings. The van der Waals surface area contributed by atoms with Crippen molar-refractivity contribution in [3.8, 4) is 11.8 Å². The zero-order chi connectivity index (χ0) is 10.7. The highest BCUT2D eigenvalue weighted by atomic mass is 16.1. The Bertz CT molecular complexity index is 558. The lowest BCUT2D eigenvalue weighted by atomic mass is 10.2. The first kappa shape index (κ1) is 9.47. The Labute approximate surface area is 87.7 Å². The number of hydrogen-bond acceptors (Lipinski definition) is 2. The van der Waals surface area contributed by atoms with Gasteiger partial charge < -0.3 is 4.57 Å². The Morgan fingerprint density at radius 3 is 3.20 bits per heavy atom. The summed E-state index contributed by atoms with van der Waals surface area (Å²) in [4.78, 5) is 15.1. The van der Waals surface area contributed by atoms with Gasteiger partial charge in [-0.1, -0.05) is 5.92 Å². The van der Waals surface area contributed by atoms with Crippen LogP contribution in [-0.4, -0.2) is 15.8 Å². The Morgan fingerprint density at radius 1 is 1.60 bits per heavy atom. The molecule has 15 heavy (non-hydrogen) atoms. The van der Waals surface area contributed by atoms with Crippen molar-refractivity contribution in [1.82, 2.24) is 9.55 Å². The zero-order valence-corrected chi connectivity index (χ0v) is 8.40. The molecule has 2 rings (SSSR count). The highest BCUT2D eigenvalue weighted by Gasteiger charge is 2.06. The van der Waals surface area contributed by atoms with Crippen LogP contribution < -0.4 is 0 Å². The van der Waals surface area contributed by atoms with E-state index in [1.165, 1.54) is 0 Å². The Kier molecular flexibility index (Phi) is 2.51. The van der Waals surface area contributed by atoms with E-state index in [-0.39, 0.29) is 0 Å². The molecule has 0 saturated heterocycles. The van der Waals surface area contributed by atoms with Crippen molar-refractivity contribution in [2.75, 3.05) is 0 Å². The molecule has 0 amide bonds. The van der Waals surface area contributed by atoms with Crippen molar-refractivity contribution in [3.63, 3.8) is 0 Å². The van der Waals surface area contributed by atoms with E-state index in [1.54, 1.807) is 19.3 Å². The second-order valence-electron chi connectivity index (χ2n) is 3.13. The van der Waals surface area contributed by atoms with Crippen molar-refractivity contribution in [3.05, 3.63) is 30.1 Å². The van der Waals surface area contributed by atoms with Crippen molar-refractivity contribution >= 4 is 17.3 Å². The summed E-state index contributed by atoms with van der Waals surface area (Å²) in [7, 11) is 0. The predicted octanol–water partition coefficient (Wildman–Crippen LogP) is 1.87. The SMILES string of the molecule is CC#CCn1cc(C=O)c2cccnc21. The number of nitrogens with zero attached hydrogens (tertiary/aromatic N) is 2. The fourth-order valence-corrected chi connectivity index (χ4v) is 1.53. The number of pyridine rings is 1. The third-order valence-corrected chi connectivity index (χ3v) is 2.22. The maximum atomic E-state index is 10.8. The lowest BCUT2D eigenvalue weighted by molar-refractivity contribution is 0.112. The van der Waals surface area contributed by atoms with Crippen LogP contribution in [0.15, 0.2) is 24.5 Å². The molecule has 74 valence electrons. The number of hydrogen-bond donors (Lipinski definition) is 0. The summed E-state index contributed by atoms with van der Waals surface area (Å²) < 4.78 is 1.88. The van der Waals surface area contributed by atoms with E-state index < -0.39 is 0 Å². The van der Waals surface area contributed by atoms with Crippen LogP contribution in [0.4, 0.5) is 0 Å². The van der Waals surface area contributed by atoms with Crippen molar-refractivity contribution in [2.24, 2.45) is 0 Å². The maximum absolute atomic E-state index is 10.8. The summed E-state index contributed by atoms with van der Waals surface area (Å²) in [6.45, 7) is 2.36. The third-order valence-electron chi connectivity index (χ3n) is 2.22. The zero-order valence-electron chi connectivity index (χ0n) is 8.40. The molecule has 0 fully saturated rings. The third kappa shape index (κ3) is 1.62. The first-order valence-corrected chi connectivity index (χ1v) is 4.65. The smallest absolute Gasteiger partial charge is 0.152 e. The molecule has 2 aromatic rings. The van der Waals surface area contributed by atoms with Crippen molar-refractivity contribution in [2.45, 2.75) is 13.5 Å². The van der Waals surface area contributed by atoms with E-state index in [4.69, 9.17) is 0 Å². The van der Waals surface area contributed by atoms with E-state index in [2.05, 4.69) is 16.8 Å². The van der Waals surface area contributed by atoms with E-state index in [0.717, 1.165) is 17.3 Å². The minimum Gasteiger partial charge on any atom is -0.320 e. The molecule has 0 unspecified atom stereocenters. The van der Waals surface area contributed by atoms with Gasteiger partial charge in [-0.2, -0.15) is 0 Å². The largest absolute Gasteiger partial charge is 0.320 e. The van der Waals surface area contributed by atoms with Gasteiger partial charge in [0.2, 0.25) is 0 Å². The standard InChI is InChI=1S/C12H10N2O/c1-2-3-7-14-8-10(9-15)11-5-4-6-13-12(11)14/h4-6,8-9H,7H2,1H3. The number of carbonyl (C=O) groups excluding carboxylic acids is 1. The summed E-state index contributed by atoms with van der Waals surface area (Å²) in [6, 6.07) is 3.72. The number of rotatable bonds is 2. The first-order chi connectivity index (χ1) is 7.36. The Balaban J connectivity index is 2.62. The van der Waals surface area contributed by atoms with Gasteiger partial charge in [-0.3, -0.25) is 4.79 Å². The van der Waals surface area contributed by atoms with Crippen LogP contribution in [0.25, 0.3) is 11.0 Å². The molecule has 2 aromatic heterocycles. The van der Waals surface area contributed by atoms with Crippen LogP contribution in [-0.2, 0) is 6.54 Å². The minimum absolute atomic E-state index is 0.567. The highest BCUT2D eigenvalue weighted by Crippen LogP contribution is 2.17. The summed E-state index contributed by atoms with van der Waals surface area (Å²) in [5.74, 6) is 5.77. The van der Waals surface area contributed by atoms with Gasteiger partial charge in [-0.15, -0.1) is 5.92 Å². The molecule has 0 aliphatic carbocycles. The molecule has 0 aliphatic heterocycles. The van der Waals surface area contributed by atoms with Gasteiger partial charge >= 0.3 is 0 Å². The molecule has 0 saturated carbocycles. The lowest BCUT2D eigenvalue weighted by Gasteiger charge is -1.96. The van der Waals surface area contributed by atoms with Crippen LogP contribution in [0.1, 0.15) is 17.3 Å². The number of fused-ring (bicyclic) bond motifs is 1. The highest BCUT2D eigenvalue weighted by molar-refractivity contribution is 5.95. The van der Waals surface area contributed by atoms with Crippen molar-refractivity contribution in [1.29, 1.82) is 0 Å². The van der Waals surface area contributed by atoms with E-state index in [0.29, 0.717) is 12.1 Å². The van der Waals surface area contributed by atoms with Gasteiger partial charge in [-0.25, -0.2) is 4.98 Å². The second kappa shape index (κ2) is 3.97. The monoisotopic (exact) mass is 198 g/mol. The number of carbonyl (C=O) groups is 1. The van der Waals surface area contributed by atoms with Gasteiger partial charge in [0, 0.05) is 23.3 Å². The Morgan fingerprint density at radius 2 is 2.47 bits per heavy atom. The van der Waals surface area contributed by atoms with E-state index in [1.807, 2.05) is 16.7 Å². The molecule has 0 atom stereocenters. The molecule has 0 spiro atoms. The van der Waals surface area contributed by atoms with Crippen molar-refractivity contribution < 1.29 is 4.79 Å².